The molecule has 0 aromatic carbocycles. The summed E-state index contributed by atoms with van der Waals surface area (Å²) in [6, 6.07) is 1.11. The van der Waals surface area contributed by atoms with Gasteiger partial charge < -0.3 is 5.32 Å². The topological polar surface area (TPSA) is 75.9 Å². The normalized spacial score (nSPS) is 12.5. The minimum absolute atomic E-state index is 0.0716. The van der Waals surface area contributed by atoms with Crippen LogP contribution in [0, 0.1) is 5.41 Å². The smallest absolute Gasteiger partial charge is 0.230 e. The van der Waals surface area contributed by atoms with Crippen LogP contribution in [0.4, 0.5) is 5.82 Å². The lowest BCUT2D eigenvalue weighted by Gasteiger charge is -2.30. The second-order valence-corrected chi connectivity index (χ2v) is 8.66. The van der Waals surface area contributed by atoms with Gasteiger partial charge in [0.05, 0.1) is 11.6 Å². The van der Waals surface area contributed by atoms with Gasteiger partial charge in [-0.2, -0.15) is 5.10 Å². The Morgan fingerprint density at radius 2 is 1.81 bits per heavy atom. The Bertz CT molecular complexity index is 751. The van der Waals surface area contributed by atoms with Crippen molar-refractivity contribution in [3.8, 4) is 0 Å². The number of carbonyl (C=O) groups excluding carboxylic acids is 1. The number of aromatic nitrogens is 4. The molecule has 0 aliphatic carbocycles. The molecule has 7 heteroatoms. The van der Waals surface area contributed by atoms with E-state index in [-0.39, 0.29) is 5.91 Å². The van der Waals surface area contributed by atoms with Crippen LogP contribution in [-0.4, -0.2) is 49.2 Å². The predicted molar refractivity (Wildman–Crippen MR) is 110 cm³/mol. The van der Waals surface area contributed by atoms with Crippen molar-refractivity contribution in [1.82, 2.24) is 24.6 Å². The standard InChI is InChI=1S/C20H34N6O/c1-14(2)25(15(3)4)10-8-9-11-26-18-16(12-23-26)17(21-13-22-18)24-19(27)20(5,6)7/h12-15H,8-11H2,1-7H3,(H,21,22,24,27). The molecule has 7 nitrogen and oxygen atoms in total. The molecule has 0 spiro atoms. The number of hydrogen-bond acceptors (Lipinski definition) is 5. The van der Waals surface area contributed by atoms with Crippen LogP contribution in [0.25, 0.3) is 11.0 Å². The Balaban J connectivity index is 2.02. The molecule has 1 amide bonds. The van der Waals surface area contributed by atoms with Gasteiger partial charge in [0, 0.05) is 24.0 Å². The van der Waals surface area contributed by atoms with E-state index in [0.717, 1.165) is 37.0 Å². The molecule has 1 N–H and O–H groups in total. The van der Waals surface area contributed by atoms with Gasteiger partial charge in [0.1, 0.15) is 12.1 Å². The molecule has 27 heavy (non-hydrogen) atoms. The number of fused-ring (bicyclic) bond motifs is 1. The van der Waals surface area contributed by atoms with Crippen molar-refractivity contribution >= 4 is 22.8 Å². The molecule has 0 saturated carbocycles. The highest BCUT2D eigenvalue weighted by Gasteiger charge is 2.23. The lowest BCUT2D eigenvalue weighted by Crippen LogP contribution is -2.37. The van der Waals surface area contributed by atoms with Gasteiger partial charge >= 0.3 is 0 Å². The fourth-order valence-corrected chi connectivity index (χ4v) is 3.12. The molecular formula is C20H34N6O. The Kier molecular flexibility index (Phi) is 6.92. The molecule has 0 radical (unpaired) electrons. The minimum Gasteiger partial charge on any atom is -0.310 e. The maximum absolute atomic E-state index is 12.3. The van der Waals surface area contributed by atoms with Crippen molar-refractivity contribution in [2.24, 2.45) is 5.41 Å². The molecule has 0 bridgehead atoms. The number of hydrogen-bond donors (Lipinski definition) is 1. The summed E-state index contributed by atoms with van der Waals surface area (Å²) in [5, 5.41) is 8.14. The Morgan fingerprint density at radius 1 is 1.15 bits per heavy atom. The Hall–Kier alpha value is -2.02. The number of nitrogens with zero attached hydrogens (tertiary/aromatic N) is 5. The predicted octanol–water partition coefficient (Wildman–Crippen LogP) is 3.71. The monoisotopic (exact) mass is 374 g/mol. The molecule has 2 aromatic rings. The summed E-state index contributed by atoms with van der Waals surface area (Å²) >= 11 is 0. The van der Waals surface area contributed by atoms with E-state index in [0.29, 0.717) is 17.9 Å². The van der Waals surface area contributed by atoms with Crippen LogP contribution in [0.2, 0.25) is 0 Å². The van der Waals surface area contributed by atoms with Crippen LogP contribution in [0.1, 0.15) is 61.3 Å². The summed E-state index contributed by atoms with van der Waals surface area (Å²) in [4.78, 5) is 23.4. The zero-order chi connectivity index (χ0) is 20.2. The minimum atomic E-state index is -0.480. The molecule has 0 fully saturated rings. The van der Waals surface area contributed by atoms with Gasteiger partial charge in [0.25, 0.3) is 0 Å². The highest BCUT2D eigenvalue weighted by atomic mass is 16.2. The average Bonchev–Trinajstić information content (AvgIpc) is 2.97. The highest BCUT2D eigenvalue weighted by molar-refractivity contribution is 6.00. The van der Waals surface area contributed by atoms with Crippen molar-refractivity contribution in [3.05, 3.63) is 12.5 Å². The van der Waals surface area contributed by atoms with E-state index in [1.165, 1.54) is 6.33 Å². The molecule has 0 aliphatic rings. The van der Waals surface area contributed by atoms with E-state index in [2.05, 4.69) is 53.0 Å². The van der Waals surface area contributed by atoms with Crippen molar-refractivity contribution in [1.29, 1.82) is 0 Å². The lowest BCUT2D eigenvalue weighted by molar-refractivity contribution is -0.123. The summed E-state index contributed by atoms with van der Waals surface area (Å²) in [7, 11) is 0. The van der Waals surface area contributed by atoms with Crippen LogP contribution >= 0.6 is 0 Å². The molecule has 150 valence electrons. The maximum atomic E-state index is 12.3. The molecule has 2 rings (SSSR count). The van der Waals surface area contributed by atoms with Gasteiger partial charge in [-0.1, -0.05) is 20.8 Å². The molecule has 2 heterocycles. The third-order valence-electron chi connectivity index (χ3n) is 4.71. The first-order valence-corrected chi connectivity index (χ1v) is 9.85. The van der Waals surface area contributed by atoms with E-state index >= 15 is 0 Å². The first-order chi connectivity index (χ1) is 12.6. The summed E-state index contributed by atoms with van der Waals surface area (Å²) < 4.78 is 1.90. The van der Waals surface area contributed by atoms with Crippen LogP contribution < -0.4 is 5.32 Å². The fourth-order valence-electron chi connectivity index (χ4n) is 3.12. The molecule has 0 atom stereocenters. The van der Waals surface area contributed by atoms with Crippen molar-refractivity contribution in [2.45, 2.75) is 79.9 Å². The lowest BCUT2D eigenvalue weighted by atomic mass is 9.96. The van der Waals surface area contributed by atoms with Gasteiger partial charge in [-0.3, -0.25) is 9.69 Å². The summed E-state index contributed by atoms with van der Waals surface area (Å²) in [6.07, 6.45) is 5.36. The van der Waals surface area contributed by atoms with Crippen molar-refractivity contribution < 1.29 is 4.79 Å². The van der Waals surface area contributed by atoms with Crippen LogP contribution in [0.15, 0.2) is 12.5 Å². The van der Waals surface area contributed by atoms with Gasteiger partial charge in [0.2, 0.25) is 5.91 Å². The second-order valence-electron chi connectivity index (χ2n) is 8.66. The molecule has 0 aliphatic heterocycles. The molecule has 2 aromatic heterocycles. The van der Waals surface area contributed by atoms with Crippen LogP contribution in [0.3, 0.4) is 0 Å². The summed E-state index contributed by atoms with van der Waals surface area (Å²) in [5.41, 5.74) is 0.283. The summed E-state index contributed by atoms with van der Waals surface area (Å²) in [5.74, 6) is 0.453. The van der Waals surface area contributed by atoms with E-state index in [4.69, 9.17) is 0 Å². The summed E-state index contributed by atoms with van der Waals surface area (Å²) in [6.45, 7) is 16.5. The number of amides is 1. The molecule has 0 unspecified atom stereocenters. The zero-order valence-electron chi connectivity index (χ0n) is 17.8. The molecule has 0 saturated heterocycles. The van der Waals surface area contributed by atoms with Crippen molar-refractivity contribution in [2.75, 3.05) is 11.9 Å². The van der Waals surface area contributed by atoms with Gasteiger partial charge in [-0.15, -0.1) is 0 Å². The number of unbranched alkanes of at least 4 members (excludes halogenated alkanes) is 1. The Labute approximate surface area is 162 Å². The van der Waals surface area contributed by atoms with Gasteiger partial charge in [-0.05, 0) is 47.1 Å². The number of rotatable bonds is 8. The number of aryl methyl sites for hydroxylation is 1. The highest BCUT2D eigenvalue weighted by Crippen LogP contribution is 2.22. The quantitative estimate of drug-likeness (QED) is 0.713. The third-order valence-corrected chi connectivity index (χ3v) is 4.71. The fraction of sp³-hybridized carbons (Fsp3) is 0.700. The van der Waals surface area contributed by atoms with E-state index in [1.807, 2.05) is 25.5 Å². The van der Waals surface area contributed by atoms with Crippen LogP contribution in [-0.2, 0) is 11.3 Å². The van der Waals surface area contributed by atoms with Gasteiger partial charge in [0.15, 0.2) is 5.65 Å². The number of anilines is 1. The van der Waals surface area contributed by atoms with Crippen molar-refractivity contribution in [3.63, 3.8) is 0 Å². The largest absolute Gasteiger partial charge is 0.310 e. The van der Waals surface area contributed by atoms with E-state index < -0.39 is 5.41 Å². The maximum Gasteiger partial charge on any atom is 0.230 e. The third kappa shape index (κ3) is 5.48. The SMILES string of the molecule is CC(C)N(CCCCn1ncc2c(NC(=O)C(C)(C)C)ncnc21)C(C)C. The first kappa shape index (κ1) is 21.3. The van der Waals surface area contributed by atoms with E-state index in [9.17, 15) is 4.79 Å². The second kappa shape index (κ2) is 8.78. The zero-order valence-corrected chi connectivity index (χ0v) is 17.8. The van der Waals surface area contributed by atoms with Crippen LogP contribution in [0.5, 0.6) is 0 Å². The first-order valence-electron chi connectivity index (χ1n) is 9.85. The average molecular weight is 375 g/mol. The van der Waals surface area contributed by atoms with E-state index in [1.54, 1.807) is 6.20 Å². The van der Waals surface area contributed by atoms with Gasteiger partial charge in [-0.25, -0.2) is 14.6 Å². The molecular weight excluding hydrogens is 340 g/mol. The number of nitrogens with one attached hydrogen (secondary N) is 1. The number of carbonyl (C=O) groups is 1. The Morgan fingerprint density at radius 3 is 2.41 bits per heavy atom.